The lowest BCUT2D eigenvalue weighted by atomic mass is 9.87. The highest BCUT2D eigenvalue weighted by Gasteiger charge is 2.39. The van der Waals surface area contributed by atoms with Crippen molar-refractivity contribution in [2.45, 2.75) is 46.0 Å². The molecule has 0 saturated carbocycles. The highest BCUT2D eigenvalue weighted by atomic mass is 19.4. The average molecular weight is 509 g/mol. The first-order chi connectivity index (χ1) is 17.5. The van der Waals surface area contributed by atoms with Crippen LogP contribution >= 0.6 is 0 Å². The van der Waals surface area contributed by atoms with Gasteiger partial charge in [-0.2, -0.15) is 18.3 Å². The molecule has 1 atom stereocenters. The smallest absolute Gasteiger partial charge is 0.331 e. The quantitative estimate of drug-likeness (QED) is 0.375. The van der Waals surface area contributed by atoms with Crippen LogP contribution in [0.3, 0.4) is 0 Å². The van der Waals surface area contributed by atoms with E-state index in [1.807, 2.05) is 31.4 Å². The molecule has 0 radical (unpaired) electrons. The van der Waals surface area contributed by atoms with Crippen LogP contribution in [0.1, 0.15) is 57.1 Å². The third-order valence-electron chi connectivity index (χ3n) is 6.91. The van der Waals surface area contributed by atoms with Crippen LogP contribution in [-0.2, 0) is 26.2 Å². The van der Waals surface area contributed by atoms with Gasteiger partial charge in [-0.1, -0.05) is 6.07 Å². The molecule has 0 fully saturated rings. The highest BCUT2D eigenvalue weighted by molar-refractivity contribution is 5.99. The first-order valence-corrected chi connectivity index (χ1v) is 12.0. The molecule has 1 aliphatic rings. The summed E-state index contributed by atoms with van der Waals surface area (Å²) >= 11 is 0. The maximum Gasteiger partial charge on any atom is 0.435 e. The van der Waals surface area contributed by atoms with Crippen molar-refractivity contribution in [1.82, 2.24) is 29.2 Å². The number of hydrogen-bond donors (Lipinski definition) is 0. The van der Waals surface area contributed by atoms with E-state index in [4.69, 9.17) is 0 Å². The van der Waals surface area contributed by atoms with Gasteiger partial charge in [-0.15, -0.1) is 0 Å². The number of amides is 1. The largest absolute Gasteiger partial charge is 0.435 e. The number of rotatable bonds is 5. The Hall–Kier alpha value is -3.95. The number of aryl methyl sites for hydroxylation is 3. The van der Waals surface area contributed by atoms with Crippen LogP contribution in [0, 0.1) is 13.8 Å². The molecule has 4 heterocycles. The van der Waals surface area contributed by atoms with E-state index in [1.54, 1.807) is 41.8 Å². The molecular weight excluding hydrogens is 481 g/mol. The third kappa shape index (κ3) is 4.63. The van der Waals surface area contributed by atoms with E-state index in [-0.39, 0.29) is 17.5 Å². The van der Waals surface area contributed by atoms with Gasteiger partial charge in [0.2, 0.25) is 0 Å². The summed E-state index contributed by atoms with van der Waals surface area (Å²) in [6.07, 6.45) is 4.15. The molecule has 1 aliphatic heterocycles. The van der Waals surface area contributed by atoms with E-state index in [0.717, 1.165) is 17.0 Å². The van der Waals surface area contributed by atoms with Gasteiger partial charge >= 0.3 is 6.18 Å². The zero-order valence-corrected chi connectivity index (χ0v) is 21.0. The molecule has 5 rings (SSSR count). The van der Waals surface area contributed by atoms with Gasteiger partial charge in [0.1, 0.15) is 5.82 Å². The van der Waals surface area contributed by atoms with Gasteiger partial charge in [-0.05, 0) is 67.1 Å². The summed E-state index contributed by atoms with van der Waals surface area (Å²) in [6, 6.07) is 5.31. The number of pyridine rings is 1. The summed E-state index contributed by atoms with van der Waals surface area (Å²) < 4.78 is 44.9. The average Bonchev–Trinajstić information content (AvgIpc) is 3.44. The number of imidazole rings is 1. The maximum atomic E-state index is 13.9. The number of carbonyl (C=O) groups is 1. The second-order valence-electron chi connectivity index (χ2n) is 9.55. The van der Waals surface area contributed by atoms with Gasteiger partial charge in [0.15, 0.2) is 5.69 Å². The second-order valence-corrected chi connectivity index (χ2v) is 9.55. The molecule has 3 aromatic heterocycles. The van der Waals surface area contributed by atoms with Crippen LogP contribution in [0.5, 0.6) is 0 Å². The molecule has 0 bridgehead atoms. The lowest BCUT2D eigenvalue weighted by molar-refractivity contribution is -0.140. The summed E-state index contributed by atoms with van der Waals surface area (Å²) in [5.74, 6) is 0.559. The summed E-state index contributed by atoms with van der Waals surface area (Å²) in [4.78, 5) is 24.1. The van der Waals surface area contributed by atoms with E-state index in [2.05, 4.69) is 15.1 Å². The monoisotopic (exact) mass is 508 g/mol. The molecule has 0 spiro atoms. The minimum absolute atomic E-state index is 0.0207. The summed E-state index contributed by atoms with van der Waals surface area (Å²) in [5, 5.41) is 3.71. The van der Waals surface area contributed by atoms with Crippen LogP contribution in [0.4, 0.5) is 13.2 Å². The standard InChI is InChI=1S/C27H27F3N6O/c1-16-9-20(13-31-12-16)17(2)36-7-5-21-22(24-15-34(4)33-25(24)27(28,29)30)10-19(11-23(21)26(36)37)14-35-8-6-32-18(35)3/h6,8-13,15,17H,5,7,14H2,1-4H3/t17-/m0/s1. The van der Waals surface area contributed by atoms with Gasteiger partial charge in [-0.25, -0.2) is 4.98 Å². The number of nitrogens with zero attached hydrogens (tertiary/aromatic N) is 6. The molecule has 4 aromatic rings. The Balaban J connectivity index is 1.64. The summed E-state index contributed by atoms with van der Waals surface area (Å²) in [5.41, 5.74) is 3.06. The topological polar surface area (TPSA) is 68.8 Å². The molecule has 37 heavy (non-hydrogen) atoms. The van der Waals surface area contributed by atoms with Gasteiger partial charge < -0.3 is 9.47 Å². The Kier molecular flexibility index (Phi) is 6.13. The maximum absolute atomic E-state index is 13.9. The third-order valence-corrected chi connectivity index (χ3v) is 6.91. The normalized spacial score (nSPS) is 14.7. The van der Waals surface area contributed by atoms with Gasteiger partial charge in [0.25, 0.3) is 5.91 Å². The van der Waals surface area contributed by atoms with Crippen LogP contribution in [-0.4, -0.2) is 41.7 Å². The molecule has 7 nitrogen and oxygen atoms in total. The second kappa shape index (κ2) is 9.17. The van der Waals surface area contributed by atoms with Crippen LogP contribution < -0.4 is 0 Å². The Morgan fingerprint density at radius 1 is 1.08 bits per heavy atom. The molecule has 0 N–H and O–H groups in total. The molecule has 1 aromatic carbocycles. The van der Waals surface area contributed by atoms with Gasteiger partial charge in [0, 0.05) is 62.2 Å². The Morgan fingerprint density at radius 3 is 2.51 bits per heavy atom. The number of aromatic nitrogens is 5. The molecule has 0 aliphatic carbocycles. The lowest BCUT2D eigenvalue weighted by Gasteiger charge is -2.35. The van der Waals surface area contributed by atoms with Crippen molar-refractivity contribution in [3.05, 3.63) is 88.5 Å². The fraction of sp³-hybridized carbons (Fsp3) is 0.333. The van der Waals surface area contributed by atoms with Crippen molar-refractivity contribution < 1.29 is 18.0 Å². The zero-order valence-electron chi connectivity index (χ0n) is 21.0. The van der Waals surface area contributed by atoms with E-state index in [9.17, 15) is 18.0 Å². The van der Waals surface area contributed by atoms with Crippen molar-refractivity contribution in [3.8, 4) is 11.1 Å². The SMILES string of the molecule is Cc1cncc([C@H](C)N2CCc3c(cc(Cn4ccnc4C)cc3-c3cn(C)nc3C(F)(F)F)C2=O)c1. The van der Waals surface area contributed by atoms with Gasteiger partial charge in [-0.3, -0.25) is 14.5 Å². The Morgan fingerprint density at radius 2 is 1.84 bits per heavy atom. The van der Waals surface area contributed by atoms with Crippen molar-refractivity contribution in [2.24, 2.45) is 7.05 Å². The summed E-state index contributed by atoms with van der Waals surface area (Å²) in [6.45, 7) is 6.50. The van der Waals surface area contributed by atoms with Crippen LogP contribution in [0.2, 0.25) is 0 Å². The minimum Gasteiger partial charge on any atom is -0.331 e. The van der Waals surface area contributed by atoms with Crippen molar-refractivity contribution >= 4 is 5.91 Å². The molecule has 0 unspecified atom stereocenters. The van der Waals surface area contributed by atoms with Gasteiger partial charge in [0.05, 0.1) is 6.04 Å². The van der Waals surface area contributed by atoms with Crippen LogP contribution in [0.15, 0.2) is 49.2 Å². The molecule has 0 saturated heterocycles. The predicted octanol–water partition coefficient (Wildman–Crippen LogP) is 5.12. The first-order valence-electron chi connectivity index (χ1n) is 12.0. The number of alkyl halides is 3. The van der Waals surface area contributed by atoms with E-state index in [1.165, 1.54) is 17.9 Å². The van der Waals surface area contributed by atoms with Crippen molar-refractivity contribution in [2.75, 3.05) is 6.54 Å². The Labute approximate surface area is 212 Å². The van der Waals surface area contributed by atoms with Crippen molar-refractivity contribution in [3.63, 3.8) is 0 Å². The van der Waals surface area contributed by atoms with E-state index in [0.29, 0.717) is 41.8 Å². The molecule has 192 valence electrons. The van der Waals surface area contributed by atoms with Crippen molar-refractivity contribution in [1.29, 1.82) is 0 Å². The number of carbonyl (C=O) groups excluding carboxylic acids is 1. The number of halogens is 3. The number of benzene rings is 1. The zero-order chi connectivity index (χ0) is 26.5. The first kappa shape index (κ1) is 24.7. The molecule has 10 heteroatoms. The fourth-order valence-corrected chi connectivity index (χ4v) is 5.03. The fourth-order valence-electron chi connectivity index (χ4n) is 5.03. The minimum atomic E-state index is -4.63. The predicted molar refractivity (Wildman–Crippen MR) is 132 cm³/mol. The molecule has 1 amide bonds. The highest BCUT2D eigenvalue weighted by Crippen LogP contribution is 2.40. The summed E-state index contributed by atoms with van der Waals surface area (Å²) in [7, 11) is 1.47. The van der Waals surface area contributed by atoms with E-state index >= 15 is 0 Å². The van der Waals surface area contributed by atoms with Crippen LogP contribution in [0.25, 0.3) is 11.1 Å². The lowest BCUT2D eigenvalue weighted by Crippen LogP contribution is -2.39. The number of hydrogen-bond acceptors (Lipinski definition) is 4. The van der Waals surface area contributed by atoms with E-state index < -0.39 is 11.9 Å². The number of fused-ring (bicyclic) bond motifs is 1. The Bertz CT molecular complexity index is 1490. The molecular formula is C27H27F3N6O.